The topological polar surface area (TPSA) is 46.0 Å². The third-order valence-electron chi connectivity index (χ3n) is 3.87. The molecule has 1 N–H and O–H groups in total. The van der Waals surface area contributed by atoms with E-state index in [1.807, 2.05) is 36.4 Å². The van der Waals surface area contributed by atoms with Crippen molar-refractivity contribution in [3.8, 4) is 0 Å². The summed E-state index contributed by atoms with van der Waals surface area (Å²) < 4.78 is 1.87. The first-order valence-corrected chi connectivity index (χ1v) is 7.15. The number of pyridine rings is 1. The number of rotatable bonds is 4. The smallest absolute Gasteiger partial charge is 0.0522 e. The van der Waals surface area contributed by atoms with Gasteiger partial charge in [-0.25, -0.2) is 0 Å². The normalized spacial score (nSPS) is 18.3. The fourth-order valence-electron chi connectivity index (χ4n) is 2.79. The van der Waals surface area contributed by atoms with Gasteiger partial charge in [-0.05, 0) is 23.6 Å². The maximum Gasteiger partial charge on any atom is 0.0522 e. The van der Waals surface area contributed by atoms with Crippen molar-refractivity contribution in [3.63, 3.8) is 0 Å². The van der Waals surface area contributed by atoms with E-state index in [4.69, 9.17) is 0 Å². The molecular formula is C15H23Cl2N5. The van der Waals surface area contributed by atoms with Crippen molar-refractivity contribution in [3.05, 3.63) is 48.0 Å². The molecule has 1 aliphatic heterocycles. The average Bonchev–Trinajstić information content (AvgIpc) is 2.92. The summed E-state index contributed by atoms with van der Waals surface area (Å²) in [7, 11) is 1.97. The average molecular weight is 344 g/mol. The van der Waals surface area contributed by atoms with Crippen LogP contribution in [0, 0.1) is 0 Å². The fourth-order valence-corrected chi connectivity index (χ4v) is 2.79. The molecule has 0 bridgehead atoms. The van der Waals surface area contributed by atoms with E-state index >= 15 is 0 Å². The maximum absolute atomic E-state index is 4.25. The molecule has 5 nitrogen and oxygen atoms in total. The number of hydrogen-bond acceptors (Lipinski definition) is 4. The molecule has 0 saturated carbocycles. The first kappa shape index (κ1) is 18.9. The van der Waals surface area contributed by atoms with E-state index < -0.39 is 0 Å². The molecule has 3 rings (SSSR count). The lowest BCUT2D eigenvalue weighted by Crippen LogP contribution is -2.46. The summed E-state index contributed by atoms with van der Waals surface area (Å²) in [4.78, 5) is 6.79. The summed E-state index contributed by atoms with van der Waals surface area (Å²) in [5.74, 6) is 0. The lowest BCUT2D eigenvalue weighted by molar-refractivity contribution is 0.164. The lowest BCUT2D eigenvalue weighted by atomic mass is 10.0. The lowest BCUT2D eigenvalue weighted by Gasteiger charge is -2.36. The van der Waals surface area contributed by atoms with Crippen LogP contribution in [0.3, 0.4) is 0 Å². The molecule has 1 aliphatic rings. The second-order valence-corrected chi connectivity index (χ2v) is 5.31. The molecule has 0 aliphatic carbocycles. The highest BCUT2D eigenvalue weighted by atomic mass is 35.5. The van der Waals surface area contributed by atoms with Crippen molar-refractivity contribution in [2.75, 3.05) is 26.2 Å². The van der Waals surface area contributed by atoms with Crippen LogP contribution in [-0.4, -0.2) is 45.8 Å². The number of aryl methyl sites for hydroxylation is 1. The van der Waals surface area contributed by atoms with Crippen LogP contribution in [0.4, 0.5) is 0 Å². The molecule has 0 aromatic carbocycles. The minimum atomic E-state index is 0. The Morgan fingerprint density at radius 1 is 1.32 bits per heavy atom. The largest absolute Gasteiger partial charge is 0.314 e. The number of hydrogen-bond donors (Lipinski definition) is 1. The molecule has 1 saturated heterocycles. The Morgan fingerprint density at radius 2 is 2.18 bits per heavy atom. The third kappa shape index (κ3) is 4.68. The van der Waals surface area contributed by atoms with Gasteiger partial charge in [0.25, 0.3) is 0 Å². The molecule has 1 atom stereocenters. The van der Waals surface area contributed by atoms with E-state index in [-0.39, 0.29) is 24.8 Å². The van der Waals surface area contributed by atoms with Gasteiger partial charge in [-0.15, -0.1) is 24.8 Å². The molecule has 2 aromatic rings. The maximum atomic E-state index is 4.25. The molecule has 22 heavy (non-hydrogen) atoms. The molecule has 0 spiro atoms. The molecule has 0 radical (unpaired) electrons. The second-order valence-electron chi connectivity index (χ2n) is 5.31. The molecular weight excluding hydrogens is 321 g/mol. The van der Waals surface area contributed by atoms with Crippen molar-refractivity contribution in [2.45, 2.75) is 12.5 Å². The van der Waals surface area contributed by atoms with Gasteiger partial charge in [0.2, 0.25) is 0 Å². The van der Waals surface area contributed by atoms with Gasteiger partial charge in [0.05, 0.1) is 6.20 Å². The fraction of sp³-hybridized carbons (Fsp3) is 0.467. The minimum Gasteiger partial charge on any atom is -0.314 e. The first-order valence-electron chi connectivity index (χ1n) is 7.15. The number of piperazine rings is 1. The van der Waals surface area contributed by atoms with Crippen LogP contribution in [-0.2, 0) is 13.5 Å². The van der Waals surface area contributed by atoms with E-state index in [9.17, 15) is 0 Å². The van der Waals surface area contributed by atoms with Gasteiger partial charge in [0.15, 0.2) is 0 Å². The van der Waals surface area contributed by atoms with Crippen LogP contribution < -0.4 is 5.32 Å². The zero-order chi connectivity index (χ0) is 13.8. The van der Waals surface area contributed by atoms with Gasteiger partial charge >= 0.3 is 0 Å². The molecule has 1 unspecified atom stereocenters. The third-order valence-corrected chi connectivity index (χ3v) is 3.87. The Labute approximate surface area is 143 Å². The SMILES string of the molecule is Cl.Cl.Cn1cc(CCN2CCNCC2c2cccnc2)cn1. The molecule has 122 valence electrons. The second kappa shape index (κ2) is 9.10. The van der Waals surface area contributed by atoms with E-state index in [1.54, 1.807) is 0 Å². The Balaban J connectivity index is 0.00000121. The van der Waals surface area contributed by atoms with Crippen LogP contribution in [0.15, 0.2) is 36.9 Å². The van der Waals surface area contributed by atoms with Gasteiger partial charge in [0.1, 0.15) is 0 Å². The Bertz CT molecular complexity index is 546. The van der Waals surface area contributed by atoms with Crippen LogP contribution in [0.1, 0.15) is 17.2 Å². The van der Waals surface area contributed by atoms with E-state index in [1.165, 1.54) is 11.1 Å². The van der Waals surface area contributed by atoms with E-state index in [2.05, 4.69) is 32.6 Å². The van der Waals surface area contributed by atoms with Gasteiger partial charge < -0.3 is 5.32 Å². The number of halogens is 2. The first-order chi connectivity index (χ1) is 9.83. The van der Waals surface area contributed by atoms with Crippen molar-refractivity contribution in [1.82, 2.24) is 25.0 Å². The number of aromatic nitrogens is 3. The van der Waals surface area contributed by atoms with Crippen molar-refractivity contribution < 1.29 is 0 Å². The molecule has 3 heterocycles. The zero-order valence-corrected chi connectivity index (χ0v) is 14.3. The standard InChI is InChI=1S/C15H21N5.2ClH/c1-19-12-13(9-18-19)4-7-20-8-6-17-11-15(20)14-3-2-5-16-10-14;;/h2-3,5,9-10,12,15,17H,4,6-8,11H2,1H3;2*1H. The summed E-state index contributed by atoms with van der Waals surface area (Å²) in [6, 6.07) is 4.61. The van der Waals surface area contributed by atoms with Crippen molar-refractivity contribution in [2.24, 2.45) is 7.05 Å². The van der Waals surface area contributed by atoms with Crippen molar-refractivity contribution >= 4 is 24.8 Å². The predicted octanol–water partition coefficient (Wildman–Crippen LogP) is 1.85. The highest BCUT2D eigenvalue weighted by Gasteiger charge is 2.23. The zero-order valence-electron chi connectivity index (χ0n) is 12.7. The van der Waals surface area contributed by atoms with E-state index in [0.717, 1.165) is 32.6 Å². The van der Waals surface area contributed by atoms with Crippen LogP contribution in [0.25, 0.3) is 0 Å². The molecule has 7 heteroatoms. The summed E-state index contributed by atoms with van der Waals surface area (Å²) in [6.45, 7) is 4.20. The summed E-state index contributed by atoms with van der Waals surface area (Å²) in [5, 5.41) is 7.71. The summed E-state index contributed by atoms with van der Waals surface area (Å²) in [5.41, 5.74) is 2.60. The Hall–Kier alpha value is -1.14. The Kier molecular flexibility index (Phi) is 7.82. The van der Waals surface area contributed by atoms with Gasteiger partial charge in [0, 0.05) is 57.9 Å². The quantitative estimate of drug-likeness (QED) is 0.920. The highest BCUT2D eigenvalue weighted by Crippen LogP contribution is 2.21. The van der Waals surface area contributed by atoms with Gasteiger partial charge in [-0.3, -0.25) is 14.6 Å². The van der Waals surface area contributed by atoms with Crippen molar-refractivity contribution in [1.29, 1.82) is 0 Å². The number of nitrogens with zero attached hydrogens (tertiary/aromatic N) is 4. The van der Waals surface area contributed by atoms with E-state index in [0.29, 0.717) is 6.04 Å². The highest BCUT2D eigenvalue weighted by molar-refractivity contribution is 5.85. The Morgan fingerprint density at radius 3 is 2.86 bits per heavy atom. The number of nitrogens with one attached hydrogen (secondary N) is 1. The van der Waals surface area contributed by atoms with Crippen LogP contribution in [0.2, 0.25) is 0 Å². The monoisotopic (exact) mass is 343 g/mol. The summed E-state index contributed by atoms with van der Waals surface area (Å²) in [6.07, 6.45) is 8.92. The van der Waals surface area contributed by atoms with Crippen LogP contribution >= 0.6 is 24.8 Å². The predicted molar refractivity (Wildman–Crippen MR) is 92.8 cm³/mol. The van der Waals surface area contributed by atoms with Crippen LogP contribution in [0.5, 0.6) is 0 Å². The minimum absolute atomic E-state index is 0. The molecule has 1 fully saturated rings. The van der Waals surface area contributed by atoms with Gasteiger partial charge in [-0.2, -0.15) is 5.10 Å². The molecule has 2 aromatic heterocycles. The molecule has 0 amide bonds. The summed E-state index contributed by atoms with van der Waals surface area (Å²) >= 11 is 0. The van der Waals surface area contributed by atoms with Gasteiger partial charge in [-0.1, -0.05) is 6.07 Å².